The Bertz CT molecular complexity index is 587. The van der Waals surface area contributed by atoms with Gasteiger partial charge in [-0.3, -0.25) is 0 Å². The van der Waals surface area contributed by atoms with Gasteiger partial charge in [-0.25, -0.2) is 0 Å². The fourth-order valence-corrected chi connectivity index (χ4v) is 2.41. The summed E-state index contributed by atoms with van der Waals surface area (Å²) in [6.45, 7) is 0.437. The number of para-hydroxylation sites is 1. The Morgan fingerprint density at radius 3 is 2.38 bits per heavy atom. The van der Waals surface area contributed by atoms with Gasteiger partial charge in [0.25, 0.3) is 0 Å². The number of halogens is 3. The number of anilines is 1. The van der Waals surface area contributed by atoms with Crippen LogP contribution in [0.3, 0.4) is 0 Å². The van der Waals surface area contributed by atoms with Crippen LogP contribution >= 0.6 is 34.8 Å². The summed E-state index contributed by atoms with van der Waals surface area (Å²) in [6.07, 6.45) is -0.695. The highest BCUT2D eigenvalue weighted by atomic mass is 35.5. The normalized spacial score (nSPS) is 12.0. The summed E-state index contributed by atoms with van der Waals surface area (Å²) in [4.78, 5) is 0. The number of aliphatic hydroxyl groups excluding tert-OH is 1. The monoisotopic (exact) mass is 345 g/mol. The summed E-state index contributed by atoms with van der Waals surface area (Å²) >= 11 is 17.8. The topological polar surface area (TPSA) is 41.5 Å². The third-order valence-corrected chi connectivity index (χ3v) is 3.42. The smallest absolute Gasteiger partial charge is 0.138 e. The van der Waals surface area contributed by atoms with Gasteiger partial charge in [0.2, 0.25) is 0 Å². The Balaban J connectivity index is 1.82. The third kappa shape index (κ3) is 5.29. The van der Waals surface area contributed by atoms with Crippen LogP contribution in [0.4, 0.5) is 5.69 Å². The van der Waals surface area contributed by atoms with E-state index >= 15 is 0 Å². The van der Waals surface area contributed by atoms with Gasteiger partial charge in [0.15, 0.2) is 0 Å². The molecular formula is C15H14Cl3NO2. The summed E-state index contributed by atoms with van der Waals surface area (Å²) in [5.74, 6) is 0.545. The van der Waals surface area contributed by atoms with Gasteiger partial charge < -0.3 is 15.2 Å². The second-order valence-corrected chi connectivity index (χ2v) is 5.71. The van der Waals surface area contributed by atoms with Crippen LogP contribution in [0.25, 0.3) is 0 Å². The number of nitrogens with one attached hydrogen (secondary N) is 1. The minimum Gasteiger partial charge on any atom is -0.489 e. The van der Waals surface area contributed by atoms with Gasteiger partial charge in [0, 0.05) is 22.3 Å². The lowest BCUT2D eigenvalue weighted by atomic mass is 10.3. The van der Waals surface area contributed by atoms with Crippen LogP contribution in [0.2, 0.25) is 15.1 Å². The van der Waals surface area contributed by atoms with Gasteiger partial charge in [0.05, 0.1) is 5.02 Å². The zero-order valence-corrected chi connectivity index (χ0v) is 13.3. The molecule has 0 bridgehead atoms. The van der Waals surface area contributed by atoms with Crippen LogP contribution in [-0.4, -0.2) is 24.4 Å². The predicted molar refractivity (Wildman–Crippen MR) is 87.9 cm³/mol. The number of hydrogen-bond donors (Lipinski definition) is 2. The first-order valence-electron chi connectivity index (χ1n) is 6.30. The van der Waals surface area contributed by atoms with Crippen molar-refractivity contribution in [2.75, 3.05) is 18.5 Å². The minimum atomic E-state index is -0.695. The predicted octanol–water partition coefficient (Wildman–Crippen LogP) is 4.50. The van der Waals surface area contributed by atoms with Crippen molar-refractivity contribution >= 4 is 40.5 Å². The molecule has 0 aliphatic rings. The fraction of sp³-hybridized carbons (Fsp3) is 0.200. The van der Waals surface area contributed by atoms with Crippen molar-refractivity contribution < 1.29 is 9.84 Å². The first kappa shape index (κ1) is 16.2. The maximum Gasteiger partial charge on any atom is 0.138 e. The van der Waals surface area contributed by atoms with Crippen LogP contribution in [0.5, 0.6) is 5.75 Å². The van der Waals surface area contributed by atoms with E-state index in [0.29, 0.717) is 27.4 Å². The number of rotatable bonds is 6. The lowest BCUT2D eigenvalue weighted by Gasteiger charge is -2.15. The average molecular weight is 347 g/mol. The zero-order chi connectivity index (χ0) is 15.2. The molecule has 1 atom stereocenters. The molecular weight excluding hydrogens is 333 g/mol. The van der Waals surface area contributed by atoms with Gasteiger partial charge in [0.1, 0.15) is 18.5 Å². The maximum atomic E-state index is 9.90. The zero-order valence-electron chi connectivity index (χ0n) is 11.0. The van der Waals surface area contributed by atoms with E-state index in [9.17, 15) is 5.11 Å². The van der Waals surface area contributed by atoms with E-state index in [0.717, 1.165) is 5.69 Å². The summed E-state index contributed by atoms with van der Waals surface area (Å²) in [5.41, 5.74) is 0.740. The molecule has 0 saturated heterocycles. The molecule has 0 aliphatic carbocycles. The molecule has 0 heterocycles. The van der Waals surface area contributed by atoms with E-state index in [4.69, 9.17) is 39.5 Å². The van der Waals surface area contributed by atoms with Crippen LogP contribution in [-0.2, 0) is 0 Å². The lowest BCUT2D eigenvalue weighted by molar-refractivity contribution is 0.117. The van der Waals surface area contributed by atoms with Crippen molar-refractivity contribution in [3.05, 3.63) is 57.5 Å². The highest BCUT2D eigenvalue weighted by Gasteiger charge is 2.07. The quantitative estimate of drug-likeness (QED) is 0.809. The average Bonchev–Trinajstić information content (AvgIpc) is 2.43. The van der Waals surface area contributed by atoms with Gasteiger partial charge in [-0.1, -0.05) is 46.9 Å². The molecule has 2 N–H and O–H groups in total. The van der Waals surface area contributed by atoms with Crippen molar-refractivity contribution in [2.45, 2.75) is 6.10 Å². The lowest BCUT2D eigenvalue weighted by Crippen LogP contribution is -2.26. The van der Waals surface area contributed by atoms with Crippen LogP contribution in [0.1, 0.15) is 0 Å². The number of hydrogen-bond acceptors (Lipinski definition) is 3. The molecule has 0 radical (unpaired) electrons. The van der Waals surface area contributed by atoms with Crippen LogP contribution in [0, 0.1) is 0 Å². The van der Waals surface area contributed by atoms with Gasteiger partial charge in [-0.05, 0) is 30.3 Å². The first-order valence-corrected chi connectivity index (χ1v) is 7.43. The number of benzene rings is 2. The Kier molecular flexibility index (Phi) is 6.00. The summed E-state index contributed by atoms with van der Waals surface area (Å²) in [6, 6.07) is 12.2. The summed E-state index contributed by atoms with van der Waals surface area (Å²) in [5, 5.41) is 14.5. The van der Waals surface area contributed by atoms with Gasteiger partial charge in [-0.15, -0.1) is 0 Å². The molecule has 0 aliphatic heterocycles. The number of aliphatic hydroxyl groups is 1. The molecule has 2 aromatic carbocycles. The SMILES string of the molecule is OC(CNc1cc(Cl)cc(Cl)c1)COc1ccccc1Cl. The molecule has 0 spiro atoms. The van der Waals surface area contributed by atoms with E-state index in [1.807, 2.05) is 12.1 Å². The molecule has 2 aromatic rings. The number of ether oxygens (including phenoxy) is 1. The van der Waals surface area contributed by atoms with Crippen LogP contribution < -0.4 is 10.1 Å². The molecule has 0 aromatic heterocycles. The standard InChI is InChI=1S/C15H14Cl3NO2/c16-10-5-11(17)7-12(6-10)19-8-13(20)9-21-15-4-2-1-3-14(15)18/h1-7,13,19-20H,8-9H2. The van der Waals surface area contributed by atoms with Gasteiger partial charge >= 0.3 is 0 Å². The highest BCUT2D eigenvalue weighted by molar-refractivity contribution is 6.35. The Labute approximate surface area is 138 Å². The molecule has 112 valence electrons. The van der Waals surface area contributed by atoms with Crippen molar-refractivity contribution in [2.24, 2.45) is 0 Å². The fourth-order valence-electron chi connectivity index (χ4n) is 1.70. The Morgan fingerprint density at radius 1 is 1.05 bits per heavy atom. The van der Waals surface area contributed by atoms with Crippen molar-refractivity contribution in [3.8, 4) is 5.75 Å². The largest absolute Gasteiger partial charge is 0.489 e. The Morgan fingerprint density at radius 2 is 1.71 bits per heavy atom. The second kappa shape index (κ2) is 7.76. The third-order valence-electron chi connectivity index (χ3n) is 2.67. The molecule has 1 unspecified atom stereocenters. The molecule has 21 heavy (non-hydrogen) atoms. The second-order valence-electron chi connectivity index (χ2n) is 4.43. The van der Waals surface area contributed by atoms with Crippen molar-refractivity contribution in [1.82, 2.24) is 0 Å². The molecule has 3 nitrogen and oxygen atoms in total. The summed E-state index contributed by atoms with van der Waals surface area (Å²) < 4.78 is 5.46. The minimum absolute atomic E-state index is 0.130. The molecule has 2 rings (SSSR count). The molecule has 0 saturated carbocycles. The first-order chi connectivity index (χ1) is 10.0. The van der Waals surface area contributed by atoms with Crippen molar-refractivity contribution in [3.63, 3.8) is 0 Å². The van der Waals surface area contributed by atoms with Crippen molar-refractivity contribution in [1.29, 1.82) is 0 Å². The molecule has 0 fully saturated rings. The van der Waals surface area contributed by atoms with E-state index in [2.05, 4.69) is 5.32 Å². The molecule has 6 heteroatoms. The van der Waals surface area contributed by atoms with Crippen LogP contribution in [0.15, 0.2) is 42.5 Å². The van der Waals surface area contributed by atoms with E-state index in [1.54, 1.807) is 30.3 Å². The maximum absolute atomic E-state index is 9.90. The van der Waals surface area contributed by atoms with E-state index in [-0.39, 0.29) is 6.61 Å². The van der Waals surface area contributed by atoms with Gasteiger partial charge in [-0.2, -0.15) is 0 Å². The Hall–Kier alpha value is -1.13. The highest BCUT2D eigenvalue weighted by Crippen LogP contribution is 2.24. The molecule has 0 amide bonds. The van der Waals surface area contributed by atoms with E-state index in [1.165, 1.54) is 0 Å². The summed E-state index contributed by atoms with van der Waals surface area (Å²) in [7, 11) is 0. The van der Waals surface area contributed by atoms with E-state index < -0.39 is 6.10 Å².